The molecule has 0 aliphatic rings. The molecule has 8 nitrogen and oxygen atoms in total. The Labute approximate surface area is 145 Å². The number of fused-ring (bicyclic) bond motifs is 2. The molecule has 3 aromatic heterocycles. The van der Waals surface area contributed by atoms with Crippen LogP contribution in [0.15, 0.2) is 35.1 Å². The van der Waals surface area contributed by atoms with Crippen LogP contribution in [0.3, 0.4) is 0 Å². The van der Waals surface area contributed by atoms with Crippen molar-refractivity contribution in [2.75, 3.05) is 0 Å². The van der Waals surface area contributed by atoms with Crippen molar-refractivity contribution in [2.45, 2.75) is 20.0 Å². The van der Waals surface area contributed by atoms with Crippen molar-refractivity contribution in [1.29, 1.82) is 0 Å². The third-order valence-electron chi connectivity index (χ3n) is 3.66. The predicted octanol–water partition coefficient (Wildman–Crippen LogP) is 1.95. The van der Waals surface area contributed by atoms with Crippen LogP contribution in [0.2, 0.25) is 0 Å². The quantitative estimate of drug-likeness (QED) is 0.561. The molecular weight excluding hydrogens is 342 g/mol. The van der Waals surface area contributed by atoms with Crippen LogP contribution in [0.25, 0.3) is 15.9 Å². The Kier molecular flexibility index (Phi) is 3.77. The van der Waals surface area contributed by atoms with E-state index in [0.29, 0.717) is 16.0 Å². The molecule has 0 unspecified atom stereocenters. The molecule has 0 amide bonds. The Balaban J connectivity index is 1.57. The van der Waals surface area contributed by atoms with Gasteiger partial charge in [-0.3, -0.25) is 9.89 Å². The number of rotatable bonds is 4. The lowest BCUT2D eigenvalue weighted by molar-refractivity contribution is 0.0463. The highest BCUT2D eigenvalue weighted by atomic mass is 32.1. The van der Waals surface area contributed by atoms with Gasteiger partial charge in [-0.1, -0.05) is 36.5 Å². The second-order valence-corrected chi connectivity index (χ2v) is 6.36. The first-order valence-corrected chi connectivity index (χ1v) is 8.46. The third kappa shape index (κ3) is 2.78. The molecule has 0 saturated heterocycles. The van der Waals surface area contributed by atoms with Gasteiger partial charge in [0.2, 0.25) is 4.96 Å². The van der Waals surface area contributed by atoms with Crippen molar-refractivity contribution in [3.63, 3.8) is 0 Å². The summed E-state index contributed by atoms with van der Waals surface area (Å²) in [6.07, 6.45) is 0.726. The normalized spacial score (nSPS) is 11.2. The molecule has 0 aliphatic carbocycles. The van der Waals surface area contributed by atoms with Crippen molar-refractivity contribution < 1.29 is 9.53 Å². The van der Waals surface area contributed by atoms with E-state index in [1.54, 1.807) is 6.07 Å². The van der Waals surface area contributed by atoms with Crippen molar-refractivity contribution >= 4 is 33.2 Å². The van der Waals surface area contributed by atoms with Gasteiger partial charge in [-0.2, -0.15) is 14.7 Å². The van der Waals surface area contributed by atoms with E-state index in [-0.39, 0.29) is 17.9 Å². The first-order chi connectivity index (χ1) is 12.2. The van der Waals surface area contributed by atoms with Crippen molar-refractivity contribution in [3.05, 3.63) is 57.1 Å². The lowest BCUT2D eigenvalue weighted by atomic mass is 10.2. The molecule has 0 radical (unpaired) electrons. The van der Waals surface area contributed by atoms with Gasteiger partial charge in [-0.05, 0) is 12.5 Å². The standard InChI is InChI=1S/C16H13N5O3S/c1-2-12-20-21-13(22)7-9(17-16(21)25-12)8-24-15(23)14-10-5-3-4-6-11(10)18-19-14/h3-7H,2,8H2,1H3,(H,18,19). The highest BCUT2D eigenvalue weighted by Gasteiger charge is 2.16. The van der Waals surface area contributed by atoms with E-state index in [1.165, 1.54) is 21.9 Å². The summed E-state index contributed by atoms with van der Waals surface area (Å²) in [5.74, 6) is -0.571. The number of ether oxygens (including phenoxy) is 1. The fourth-order valence-corrected chi connectivity index (χ4v) is 3.30. The molecule has 126 valence electrons. The van der Waals surface area contributed by atoms with E-state index in [4.69, 9.17) is 4.74 Å². The molecule has 0 bridgehead atoms. The predicted molar refractivity (Wildman–Crippen MR) is 91.7 cm³/mol. The monoisotopic (exact) mass is 355 g/mol. The van der Waals surface area contributed by atoms with E-state index >= 15 is 0 Å². The first kappa shape index (κ1) is 15.5. The largest absolute Gasteiger partial charge is 0.454 e. The molecule has 0 atom stereocenters. The Bertz CT molecular complexity index is 1140. The van der Waals surface area contributed by atoms with Crippen LogP contribution in [-0.4, -0.2) is 30.8 Å². The maximum Gasteiger partial charge on any atom is 0.359 e. The summed E-state index contributed by atoms with van der Waals surface area (Å²) in [6, 6.07) is 8.60. The molecule has 9 heteroatoms. The van der Waals surface area contributed by atoms with Gasteiger partial charge in [0.25, 0.3) is 5.56 Å². The third-order valence-corrected chi connectivity index (χ3v) is 4.71. The minimum Gasteiger partial charge on any atom is -0.454 e. The average Bonchev–Trinajstić information content (AvgIpc) is 3.23. The van der Waals surface area contributed by atoms with Gasteiger partial charge in [-0.25, -0.2) is 9.78 Å². The molecule has 3 heterocycles. The van der Waals surface area contributed by atoms with E-state index in [1.807, 2.05) is 25.1 Å². The Hall–Kier alpha value is -3.07. The number of nitrogens with one attached hydrogen (secondary N) is 1. The topological polar surface area (TPSA) is 102 Å². The average molecular weight is 355 g/mol. The van der Waals surface area contributed by atoms with Gasteiger partial charge in [0.05, 0.1) is 11.2 Å². The summed E-state index contributed by atoms with van der Waals surface area (Å²) in [4.78, 5) is 29.2. The number of carbonyl (C=O) groups excluding carboxylic acids is 1. The second kappa shape index (κ2) is 6.10. The van der Waals surface area contributed by atoms with Crippen LogP contribution >= 0.6 is 11.3 Å². The Morgan fingerprint density at radius 1 is 1.36 bits per heavy atom. The molecule has 1 N–H and O–H groups in total. The van der Waals surface area contributed by atoms with Crippen LogP contribution in [0.4, 0.5) is 0 Å². The fourth-order valence-electron chi connectivity index (χ4n) is 2.44. The highest BCUT2D eigenvalue weighted by molar-refractivity contribution is 7.16. The number of carbonyl (C=O) groups is 1. The summed E-state index contributed by atoms with van der Waals surface area (Å²) in [5.41, 5.74) is 1.05. The van der Waals surface area contributed by atoms with Crippen LogP contribution < -0.4 is 5.56 Å². The minimum absolute atomic E-state index is 0.106. The molecule has 0 aliphatic heterocycles. The van der Waals surface area contributed by atoms with E-state index in [2.05, 4.69) is 20.3 Å². The van der Waals surface area contributed by atoms with Crippen LogP contribution in [0.5, 0.6) is 0 Å². The number of esters is 1. The van der Waals surface area contributed by atoms with Crippen molar-refractivity contribution in [1.82, 2.24) is 24.8 Å². The summed E-state index contributed by atoms with van der Waals surface area (Å²) in [6.45, 7) is 1.85. The molecule has 4 aromatic rings. The van der Waals surface area contributed by atoms with E-state index in [9.17, 15) is 9.59 Å². The molecule has 0 fully saturated rings. The number of hydrogen-bond acceptors (Lipinski definition) is 7. The van der Waals surface area contributed by atoms with Gasteiger partial charge < -0.3 is 4.74 Å². The second-order valence-electron chi connectivity index (χ2n) is 5.32. The summed E-state index contributed by atoms with van der Waals surface area (Å²) in [7, 11) is 0. The lowest BCUT2D eigenvalue weighted by Crippen LogP contribution is -2.16. The van der Waals surface area contributed by atoms with Gasteiger partial charge in [0, 0.05) is 11.5 Å². The number of aryl methyl sites for hydroxylation is 1. The number of aromatic amines is 1. The zero-order valence-electron chi connectivity index (χ0n) is 13.2. The van der Waals surface area contributed by atoms with Gasteiger partial charge in [-0.15, -0.1) is 0 Å². The summed E-state index contributed by atoms with van der Waals surface area (Å²) in [5, 5.41) is 12.5. The summed E-state index contributed by atoms with van der Waals surface area (Å²) < 4.78 is 6.53. The number of para-hydroxylation sites is 1. The maximum atomic E-state index is 12.3. The van der Waals surface area contributed by atoms with Crippen LogP contribution in [-0.2, 0) is 17.8 Å². The minimum atomic E-state index is -0.571. The number of H-pyrrole nitrogens is 1. The van der Waals surface area contributed by atoms with Crippen LogP contribution in [0.1, 0.15) is 28.1 Å². The SMILES string of the molecule is CCc1nn2c(=O)cc(COC(=O)c3n[nH]c4ccccc34)nc2s1. The van der Waals surface area contributed by atoms with Crippen molar-refractivity contribution in [3.8, 4) is 0 Å². The molecule has 25 heavy (non-hydrogen) atoms. The van der Waals surface area contributed by atoms with Gasteiger partial charge in [0.15, 0.2) is 5.69 Å². The molecule has 0 saturated carbocycles. The number of nitrogens with zero attached hydrogens (tertiary/aromatic N) is 4. The van der Waals surface area contributed by atoms with E-state index in [0.717, 1.165) is 16.9 Å². The maximum absolute atomic E-state index is 12.3. The number of aromatic nitrogens is 5. The zero-order chi connectivity index (χ0) is 17.4. The Morgan fingerprint density at radius 2 is 2.20 bits per heavy atom. The highest BCUT2D eigenvalue weighted by Crippen LogP contribution is 2.17. The summed E-state index contributed by atoms with van der Waals surface area (Å²) >= 11 is 1.34. The lowest BCUT2D eigenvalue weighted by Gasteiger charge is -2.02. The van der Waals surface area contributed by atoms with Crippen LogP contribution in [0, 0.1) is 0 Å². The zero-order valence-corrected chi connectivity index (χ0v) is 14.0. The molecule has 4 rings (SSSR count). The fraction of sp³-hybridized carbons (Fsp3) is 0.188. The van der Waals surface area contributed by atoms with Gasteiger partial charge >= 0.3 is 5.97 Å². The molecular formula is C16H13N5O3S. The van der Waals surface area contributed by atoms with E-state index < -0.39 is 5.97 Å². The van der Waals surface area contributed by atoms with Crippen molar-refractivity contribution in [2.24, 2.45) is 0 Å². The first-order valence-electron chi connectivity index (χ1n) is 7.64. The smallest absolute Gasteiger partial charge is 0.359 e. The Morgan fingerprint density at radius 3 is 3.04 bits per heavy atom. The number of benzene rings is 1. The molecule has 0 spiro atoms. The van der Waals surface area contributed by atoms with Gasteiger partial charge in [0.1, 0.15) is 11.6 Å². The molecule has 1 aromatic carbocycles. The number of hydrogen-bond donors (Lipinski definition) is 1.